The van der Waals surface area contributed by atoms with Crippen molar-refractivity contribution in [2.45, 2.75) is 32.6 Å². The quantitative estimate of drug-likeness (QED) is 0.885. The lowest BCUT2D eigenvalue weighted by Gasteiger charge is -2.23. The van der Waals surface area contributed by atoms with Gasteiger partial charge in [-0.1, -0.05) is 31.4 Å². The van der Waals surface area contributed by atoms with E-state index in [9.17, 15) is 4.79 Å². The molecule has 1 heterocycles. The van der Waals surface area contributed by atoms with Crippen molar-refractivity contribution in [2.75, 3.05) is 12.3 Å². The molecule has 0 bridgehead atoms. The average Bonchev–Trinajstić information content (AvgIpc) is 2.77. The number of nitrogens with two attached hydrogens (primary N) is 1. The molecule has 2 rings (SSSR count). The smallest absolute Gasteiger partial charge is 0.252 e. The van der Waals surface area contributed by atoms with E-state index >= 15 is 0 Å². The van der Waals surface area contributed by atoms with Gasteiger partial charge in [-0.25, -0.2) is 4.98 Å². The van der Waals surface area contributed by atoms with Gasteiger partial charge in [-0.15, -0.1) is 0 Å². The number of aromatic nitrogens is 1. The minimum absolute atomic E-state index is 0.141. The molecule has 0 radical (unpaired) electrons. The third-order valence-electron chi connectivity index (χ3n) is 3.62. The van der Waals surface area contributed by atoms with Crippen molar-refractivity contribution in [3.05, 3.63) is 22.8 Å². The minimum Gasteiger partial charge on any atom is -0.382 e. The van der Waals surface area contributed by atoms with Crippen LogP contribution in [0.25, 0.3) is 0 Å². The van der Waals surface area contributed by atoms with Gasteiger partial charge in [0.2, 0.25) is 0 Å². The van der Waals surface area contributed by atoms with Gasteiger partial charge < -0.3 is 11.1 Å². The predicted octanol–water partition coefficient (Wildman–Crippen LogP) is 2.63. The van der Waals surface area contributed by atoms with Crippen LogP contribution < -0.4 is 11.1 Å². The maximum atomic E-state index is 12.0. The number of carbonyl (C=O) groups excluding carboxylic acids is 1. The molecule has 1 aliphatic carbocycles. The van der Waals surface area contributed by atoms with Gasteiger partial charge in [0.15, 0.2) is 0 Å². The highest BCUT2D eigenvalue weighted by molar-refractivity contribution is 6.33. The van der Waals surface area contributed by atoms with E-state index in [1.54, 1.807) is 6.07 Å². The summed E-state index contributed by atoms with van der Waals surface area (Å²) < 4.78 is 0. The Morgan fingerprint density at radius 3 is 2.83 bits per heavy atom. The number of hydrogen-bond donors (Lipinski definition) is 2. The maximum absolute atomic E-state index is 12.0. The SMILES string of the molecule is CC1(CNC(=O)c2cnc(N)c(Cl)c2)CCCC1. The largest absolute Gasteiger partial charge is 0.382 e. The van der Waals surface area contributed by atoms with E-state index < -0.39 is 0 Å². The highest BCUT2D eigenvalue weighted by atomic mass is 35.5. The van der Waals surface area contributed by atoms with Crippen LogP contribution in [0.2, 0.25) is 5.02 Å². The molecular formula is C13H18ClN3O. The molecule has 98 valence electrons. The Balaban J connectivity index is 1.97. The van der Waals surface area contributed by atoms with Crippen LogP contribution in [0.3, 0.4) is 0 Å². The maximum Gasteiger partial charge on any atom is 0.252 e. The van der Waals surface area contributed by atoms with Gasteiger partial charge in [0.25, 0.3) is 5.91 Å². The topological polar surface area (TPSA) is 68.0 Å². The summed E-state index contributed by atoms with van der Waals surface area (Å²) in [4.78, 5) is 15.8. The number of amides is 1. The van der Waals surface area contributed by atoms with Crippen LogP contribution in [0.15, 0.2) is 12.3 Å². The predicted molar refractivity (Wildman–Crippen MR) is 72.6 cm³/mol. The molecule has 1 fully saturated rings. The molecule has 1 aromatic rings. The Bertz CT molecular complexity index is 456. The van der Waals surface area contributed by atoms with E-state index in [1.165, 1.54) is 31.9 Å². The third kappa shape index (κ3) is 2.93. The first-order valence-electron chi connectivity index (χ1n) is 6.19. The second-order valence-corrected chi connectivity index (χ2v) is 5.70. The van der Waals surface area contributed by atoms with Crippen LogP contribution >= 0.6 is 11.6 Å². The molecule has 1 saturated carbocycles. The molecule has 0 aliphatic heterocycles. The van der Waals surface area contributed by atoms with Gasteiger partial charge in [0.1, 0.15) is 5.82 Å². The van der Waals surface area contributed by atoms with E-state index in [4.69, 9.17) is 17.3 Å². The molecule has 1 aromatic heterocycles. The van der Waals surface area contributed by atoms with Crippen LogP contribution in [0, 0.1) is 5.41 Å². The molecule has 0 spiro atoms. The van der Waals surface area contributed by atoms with Crippen LogP contribution in [-0.2, 0) is 0 Å². The number of anilines is 1. The van der Waals surface area contributed by atoms with Gasteiger partial charge in [-0.05, 0) is 24.3 Å². The molecule has 0 aromatic carbocycles. The number of hydrogen-bond acceptors (Lipinski definition) is 3. The third-order valence-corrected chi connectivity index (χ3v) is 3.92. The Hall–Kier alpha value is -1.29. The first kappa shape index (κ1) is 13.1. The summed E-state index contributed by atoms with van der Waals surface area (Å²) in [6, 6.07) is 1.55. The fourth-order valence-corrected chi connectivity index (χ4v) is 2.54. The number of nitrogens with zero attached hydrogens (tertiary/aromatic N) is 1. The Morgan fingerprint density at radius 1 is 1.56 bits per heavy atom. The number of nitrogens with one attached hydrogen (secondary N) is 1. The highest BCUT2D eigenvalue weighted by Crippen LogP contribution is 2.36. The second-order valence-electron chi connectivity index (χ2n) is 5.29. The number of pyridine rings is 1. The fraction of sp³-hybridized carbons (Fsp3) is 0.538. The standard InChI is InChI=1S/C13H18ClN3O/c1-13(4-2-3-5-13)8-17-12(18)9-6-10(14)11(15)16-7-9/h6-7H,2-5,8H2,1H3,(H2,15,16)(H,17,18). The Morgan fingerprint density at radius 2 is 2.22 bits per heavy atom. The zero-order valence-electron chi connectivity index (χ0n) is 10.5. The summed E-state index contributed by atoms with van der Waals surface area (Å²) in [7, 11) is 0. The van der Waals surface area contributed by atoms with Crippen LogP contribution in [0.4, 0.5) is 5.82 Å². The van der Waals surface area contributed by atoms with Crippen molar-refractivity contribution in [2.24, 2.45) is 5.41 Å². The second kappa shape index (κ2) is 5.14. The van der Waals surface area contributed by atoms with Crippen molar-refractivity contribution in [3.8, 4) is 0 Å². The van der Waals surface area contributed by atoms with Gasteiger partial charge in [-0.3, -0.25) is 4.79 Å². The van der Waals surface area contributed by atoms with Crippen molar-refractivity contribution >= 4 is 23.3 Å². The van der Waals surface area contributed by atoms with Crippen LogP contribution in [0.1, 0.15) is 43.0 Å². The number of carbonyl (C=O) groups is 1. The number of rotatable bonds is 3. The molecule has 4 nitrogen and oxygen atoms in total. The van der Waals surface area contributed by atoms with E-state index in [0.717, 1.165) is 0 Å². The van der Waals surface area contributed by atoms with E-state index in [-0.39, 0.29) is 17.1 Å². The highest BCUT2D eigenvalue weighted by Gasteiger charge is 2.28. The summed E-state index contributed by atoms with van der Waals surface area (Å²) >= 11 is 5.85. The van der Waals surface area contributed by atoms with E-state index in [1.807, 2.05) is 0 Å². The molecule has 1 aliphatic rings. The van der Waals surface area contributed by atoms with Gasteiger partial charge in [0, 0.05) is 12.7 Å². The normalized spacial score (nSPS) is 17.7. The number of halogens is 1. The molecule has 0 unspecified atom stereocenters. The Labute approximate surface area is 112 Å². The molecule has 18 heavy (non-hydrogen) atoms. The molecule has 0 saturated heterocycles. The van der Waals surface area contributed by atoms with Crippen molar-refractivity contribution in [3.63, 3.8) is 0 Å². The van der Waals surface area contributed by atoms with Gasteiger partial charge in [0.05, 0.1) is 10.6 Å². The molecule has 0 atom stereocenters. The fourth-order valence-electron chi connectivity index (χ4n) is 2.37. The molecular weight excluding hydrogens is 250 g/mol. The van der Waals surface area contributed by atoms with Crippen LogP contribution in [0.5, 0.6) is 0 Å². The zero-order chi connectivity index (χ0) is 13.2. The average molecular weight is 268 g/mol. The van der Waals surface area contributed by atoms with Crippen molar-refractivity contribution in [1.29, 1.82) is 0 Å². The molecule has 3 N–H and O–H groups in total. The lowest BCUT2D eigenvalue weighted by molar-refractivity contribution is 0.0934. The molecule has 1 amide bonds. The van der Waals surface area contributed by atoms with Crippen LogP contribution in [-0.4, -0.2) is 17.4 Å². The van der Waals surface area contributed by atoms with E-state index in [2.05, 4.69) is 17.2 Å². The summed E-state index contributed by atoms with van der Waals surface area (Å²) in [5.41, 5.74) is 6.20. The zero-order valence-corrected chi connectivity index (χ0v) is 11.3. The van der Waals surface area contributed by atoms with Crippen molar-refractivity contribution < 1.29 is 4.79 Å². The van der Waals surface area contributed by atoms with Crippen molar-refractivity contribution in [1.82, 2.24) is 10.3 Å². The summed E-state index contributed by atoms with van der Waals surface area (Å²) in [5.74, 6) is 0.105. The molecule has 5 heteroatoms. The first-order chi connectivity index (χ1) is 8.50. The lowest BCUT2D eigenvalue weighted by atomic mass is 9.89. The summed E-state index contributed by atoms with van der Waals surface area (Å²) in [6.07, 6.45) is 6.30. The summed E-state index contributed by atoms with van der Waals surface area (Å²) in [5, 5.41) is 3.26. The lowest BCUT2D eigenvalue weighted by Crippen LogP contribution is -2.34. The van der Waals surface area contributed by atoms with E-state index in [0.29, 0.717) is 17.1 Å². The van der Waals surface area contributed by atoms with Gasteiger partial charge >= 0.3 is 0 Å². The summed E-state index contributed by atoms with van der Waals surface area (Å²) in [6.45, 7) is 2.92. The minimum atomic E-state index is -0.141. The monoisotopic (exact) mass is 267 g/mol. The Kier molecular flexibility index (Phi) is 3.76. The number of nitrogen functional groups attached to an aromatic ring is 1. The van der Waals surface area contributed by atoms with Gasteiger partial charge in [-0.2, -0.15) is 0 Å². The first-order valence-corrected chi connectivity index (χ1v) is 6.57.